The quantitative estimate of drug-likeness (QED) is 0.839. The normalized spacial score (nSPS) is 10.8. The Bertz CT molecular complexity index is 360. The van der Waals surface area contributed by atoms with Gasteiger partial charge in [0.05, 0.1) is 6.54 Å². The largest absolute Gasteiger partial charge is 0.376 e. The average molecular weight is 248 g/mol. The predicted octanol–water partition coefficient (Wildman–Crippen LogP) is 2.99. The van der Waals surface area contributed by atoms with Crippen molar-refractivity contribution in [1.29, 1.82) is 0 Å². The molecule has 0 saturated heterocycles. The number of benzene rings is 1. The van der Waals surface area contributed by atoms with E-state index in [1.807, 2.05) is 35.2 Å². The number of rotatable bonds is 6. The maximum Gasteiger partial charge on any atom is 0.242 e. The Morgan fingerprint density at radius 1 is 1.17 bits per heavy atom. The summed E-state index contributed by atoms with van der Waals surface area (Å²) in [6.45, 7) is 9.55. The van der Waals surface area contributed by atoms with Gasteiger partial charge >= 0.3 is 0 Å². The molecule has 100 valence electrons. The van der Waals surface area contributed by atoms with Crippen LogP contribution in [0.1, 0.15) is 27.7 Å². The number of hydrogen-bond acceptors (Lipinski definition) is 2. The number of hydrogen-bond donors (Lipinski definition) is 1. The van der Waals surface area contributed by atoms with Crippen LogP contribution in [-0.2, 0) is 4.79 Å². The number of anilines is 1. The van der Waals surface area contributed by atoms with Gasteiger partial charge in [0.1, 0.15) is 0 Å². The molecule has 0 bridgehead atoms. The second-order valence-corrected chi connectivity index (χ2v) is 5.25. The molecule has 0 fully saturated rings. The summed E-state index contributed by atoms with van der Waals surface area (Å²) in [4.78, 5) is 14.1. The summed E-state index contributed by atoms with van der Waals surface area (Å²) in [5, 5.41) is 3.16. The summed E-state index contributed by atoms with van der Waals surface area (Å²) in [6, 6.07) is 10.1. The third-order valence-corrected chi connectivity index (χ3v) is 2.72. The zero-order chi connectivity index (χ0) is 13.5. The van der Waals surface area contributed by atoms with E-state index < -0.39 is 0 Å². The maximum atomic E-state index is 12.2. The molecule has 0 atom stereocenters. The van der Waals surface area contributed by atoms with Gasteiger partial charge in [-0.2, -0.15) is 0 Å². The van der Waals surface area contributed by atoms with Gasteiger partial charge in [0, 0.05) is 18.3 Å². The monoisotopic (exact) mass is 248 g/mol. The van der Waals surface area contributed by atoms with Crippen molar-refractivity contribution in [3.63, 3.8) is 0 Å². The minimum Gasteiger partial charge on any atom is -0.376 e. The number of para-hydroxylation sites is 1. The summed E-state index contributed by atoms with van der Waals surface area (Å²) in [6.07, 6.45) is 0. The van der Waals surface area contributed by atoms with Gasteiger partial charge in [0.2, 0.25) is 5.91 Å². The second kappa shape index (κ2) is 7.04. The lowest BCUT2D eigenvalue weighted by molar-refractivity contribution is -0.131. The van der Waals surface area contributed by atoms with E-state index in [0.717, 1.165) is 12.2 Å². The molecule has 0 aliphatic heterocycles. The maximum absolute atomic E-state index is 12.2. The Balaban J connectivity index is 2.52. The molecule has 0 aliphatic carbocycles. The Hall–Kier alpha value is -1.51. The van der Waals surface area contributed by atoms with Crippen molar-refractivity contribution in [1.82, 2.24) is 4.90 Å². The van der Waals surface area contributed by atoms with Gasteiger partial charge in [-0.15, -0.1) is 0 Å². The first-order valence-electron chi connectivity index (χ1n) is 6.59. The number of nitrogens with one attached hydrogen (secondary N) is 1. The van der Waals surface area contributed by atoms with Crippen molar-refractivity contribution in [2.24, 2.45) is 5.92 Å². The van der Waals surface area contributed by atoms with Crippen LogP contribution in [0.5, 0.6) is 0 Å². The van der Waals surface area contributed by atoms with Crippen LogP contribution in [0.15, 0.2) is 30.3 Å². The van der Waals surface area contributed by atoms with Gasteiger partial charge in [0.25, 0.3) is 0 Å². The third kappa shape index (κ3) is 4.78. The van der Waals surface area contributed by atoms with Crippen LogP contribution in [0, 0.1) is 5.92 Å². The zero-order valence-corrected chi connectivity index (χ0v) is 11.8. The fraction of sp³-hybridized carbons (Fsp3) is 0.533. The number of amides is 1. The lowest BCUT2D eigenvalue weighted by Crippen LogP contribution is -2.42. The molecule has 3 heteroatoms. The SMILES string of the molecule is CC(C)CN(C(=O)CNc1ccccc1)C(C)C. The summed E-state index contributed by atoms with van der Waals surface area (Å²) in [5.74, 6) is 0.649. The fourth-order valence-electron chi connectivity index (χ4n) is 1.83. The van der Waals surface area contributed by atoms with Crippen molar-refractivity contribution in [3.8, 4) is 0 Å². The molecule has 0 spiro atoms. The van der Waals surface area contributed by atoms with Crippen molar-refractivity contribution in [3.05, 3.63) is 30.3 Å². The van der Waals surface area contributed by atoms with Crippen molar-refractivity contribution in [2.45, 2.75) is 33.7 Å². The number of carbonyl (C=O) groups excluding carboxylic acids is 1. The van der Waals surface area contributed by atoms with Gasteiger partial charge in [-0.05, 0) is 31.9 Å². The van der Waals surface area contributed by atoms with Crippen LogP contribution < -0.4 is 5.32 Å². The Morgan fingerprint density at radius 2 is 1.78 bits per heavy atom. The summed E-state index contributed by atoms with van der Waals surface area (Å²) >= 11 is 0. The molecule has 0 aromatic heterocycles. The Kier molecular flexibility index (Phi) is 5.69. The molecule has 1 aromatic carbocycles. The highest BCUT2D eigenvalue weighted by atomic mass is 16.2. The summed E-state index contributed by atoms with van der Waals surface area (Å²) < 4.78 is 0. The van der Waals surface area contributed by atoms with Crippen LogP contribution in [0.2, 0.25) is 0 Å². The van der Waals surface area contributed by atoms with E-state index in [-0.39, 0.29) is 11.9 Å². The minimum atomic E-state index is 0.155. The smallest absolute Gasteiger partial charge is 0.242 e. The standard InChI is InChI=1S/C15H24N2O/c1-12(2)11-17(13(3)4)15(18)10-16-14-8-6-5-7-9-14/h5-9,12-13,16H,10-11H2,1-4H3. The second-order valence-electron chi connectivity index (χ2n) is 5.25. The third-order valence-electron chi connectivity index (χ3n) is 2.72. The van der Waals surface area contributed by atoms with Crippen LogP contribution in [0.4, 0.5) is 5.69 Å². The van der Waals surface area contributed by atoms with E-state index in [4.69, 9.17) is 0 Å². The first-order chi connectivity index (χ1) is 8.50. The van der Waals surface area contributed by atoms with Gasteiger partial charge in [-0.3, -0.25) is 4.79 Å². The molecule has 1 N–H and O–H groups in total. The van der Waals surface area contributed by atoms with E-state index in [1.54, 1.807) is 0 Å². The summed E-state index contributed by atoms with van der Waals surface area (Å²) in [5.41, 5.74) is 0.985. The summed E-state index contributed by atoms with van der Waals surface area (Å²) in [7, 11) is 0. The molecular formula is C15H24N2O. The highest BCUT2D eigenvalue weighted by Crippen LogP contribution is 2.07. The first kappa shape index (κ1) is 14.6. The van der Waals surface area contributed by atoms with E-state index in [0.29, 0.717) is 12.5 Å². The highest BCUT2D eigenvalue weighted by Gasteiger charge is 2.17. The van der Waals surface area contributed by atoms with Gasteiger partial charge in [0.15, 0.2) is 0 Å². The van der Waals surface area contributed by atoms with Crippen LogP contribution >= 0.6 is 0 Å². The van der Waals surface area contributed by atoms with E-state index in [9.17, 15) is 4.79 Å². The molecule has 1 amide bonds. The lowest BCUT2D eigenvalue weighted by atomic mass is 10.1. The molecule has 0 unspecified atom stereocenters. The topological polar surface area (TPSA) is 32.3 Å². The Morgan fingerprint density at radius 3 is 2.28 bits per heavy atom. The molecule has 18 heavy (non-hydrogen) atoms. The van der Waals surface area contributed by atoms with Gasteiger partial charge < -0.3 is 10.2 Å². The molecule has 3 nitrogen and oxygen atoms in total. The lowest BCUT2D eigenvalue weighted by Gasteiger charge is -2.28. The molecular weight excluding hydrogens is 224 g/mol. The Labute approximate surface area is 110 Å². The molecule has 0 heterocycles. The van der Waals surface area contributed by atoms with Gasteiger partial charge in [-0.1, -0.05) is 32.0 Å². The van der Waals surface area contributed by atoms with E-state index >= 15 is 0 Å². The van der Waals surface area contributed by atoms with Crippen molar-refractivity contribution in [2.75, 3.05) is 18.4 Å². The average Bonchev–Trinajstić information content (AvgIpc) is 2.34. The minimum absolute atomic E-state index is 0.155. The molecule has 0 radical (unpaired) electrons. The van der Waals surface area contributed by atoms with E-state index in [2.05, 4.69) is 33.0 Å². The molecule has 0 aliphatic rings. The molecule has 0 saturated carbocycles. The van der Waals surface area contributed by atoms with Crippen LogP contribution in [-0.4, -0.2) is 29.9 Å². The van der Waals surface area contributed by atoms with Crippen LogP contribution in [0.25, 0.3) is 0 Å². The molecule has 1 aromatic rings. The molecule has 1 rings (SSSR count). The fourth-order valence-corrected chi connectivity index (χ4v) is 1.83. The number of nitrogens with zero attached hydrogens (tertiary/aromatic N) is 1. The highest BCUT2D eigenvalue weighted by molar-refractivity contribution is 5.81. The van der Waals surface area contributed by atoms with Crippen molar-refractivity contribution < 1.29 is 4.79 Å². The van der Waals surface area contributed by atoms with E-state index in [1.165, 1.54) is 0 Å². The van der Waals surface area contributed by atoms with Crippen molar-refractivity contribution >= 4 is 11.6 Å². The zero-order valence-electron chi connectivity index (χ0n) is 11.8. The number of carbonyl (C=O) groups is 1. The van der Waals surface area contributed by atoms with Gasteiger partial charge in [-0.25, -0.2) is 0 Å². The predicted molar refractivity (Wildman–Crippen MR) is 76.6 cm³/mol. The van der Waals surface area contributed by atoms with Crippen LogP contribution in [0.3, 0.4) is 0 Å². The first-order valence-corrected chi connectivity index (χ1v) is 6.59.